The number of hydrogen-bond donors (Lipinski definition) is 1. The first kappa shape index (κ1) is 23.7. The van der Waals surface area contributed by atoms with Crippen LogP contribution >= 0.6 is 0 Å². The number of nitriles is 1. The first-order chi connectivity index (χ1) is 17.8. The number of aliphatic imine (C=N–C) groups is 1. The van der Waals surface area contributed by atoms with E-state index in [0.29, 0.717) is 17.3 Å². The predicted octanol–water partition coefficient (Wildman–Crippen LogP) is 7.14. The van der Waals surface area contributed by atoms with Crippen LogP contribution in [0, 0.1) is 55.8 Å². The molecule has 2 aliphatic carbocycles. The van der Waals surface area contributed by atoms with Crippen LogP contribution in [0.3, 0.4) is 0 Å². The fourth-order valence-electron chi connectivity index (χ4n) is 8.03. The molecule has 1 unspecified atom stereocenters. The van der Waals surface area contributed by atoms with Crippen LogP contribution in [0.25, 0.3) is 0 Å². The summed E-state index contributed by atoms with van der Waals surface area (Å²) in [6.45, 7) is 12.8. The van der Waals surface area contributed by atoms with Crippen molar-refractivity contribution in [3.8, 4) is 6.07 Å². The van der Waals surface area contributed by atoms with E-state index >= 15 is 0 Å². The van der Waals surface area contributed by atoms with Gasteiger partial charge < -0.3 is 0 Å². The molecular formula is C33H34N4. The molecule has 0 saturated heterocycles. The Morgan fingerprint density at radius 1 is 0.973 bits per heavy atom. The van der Waals surface area contributed by atoms with E-state index in [-0.39, 0.29) is 16.9 Å². The number of nitrogens with zero attached hydrogens (tertiary/aromatic N) is 3. The number of amidine groups is 2. The highest BCUT2D eigenvalue weighted by atomic mass is 15.3. The summed E-state index contributed by atoms with van der Waals surface area (Å²) in [4.78, 5) is 7.54. The van der Waals surface area contributed by atoms with Gasteiger partial charge in [0.25, 0.3) is 0 Å². The minimum atomic E-state index is 0.181. The summed E-state index contributed by atoms with van der Waals surface area (Å²) in [6, 6.07) is 21.6. The maximum Gasteiger partial charge on any atom is 0.141 e. The van der Waals surface area contributed by atoms with Crippen molar-refractivity contribution >= 4 is 17.4 Å². The van der Waals surface area contributed by atoms with E-state index in [9.17, 15) is 10.7 Å². The van der Waals surface area contributed by atoms with E-state index in [1.807, 2.05) is 32.0 Å². The molecule has 2 fully saturated rings. The minimum absolute atomic E-state index is 0.181. The third-order valence-electron chi connectivity index (χ3n) is 9.72. The Morgan fingerprint density at radius 2 is 1.68 bits per heavy atom. The molecule has 3 aliphatic rings. The summed E-state index contributed by atoms with van der Waals surface area (Å²) >= 11 is 0. The second kappa shape index (κ2) is 7.89. The summed E-state index contributed by atoms with van der Waals surface area (Å²) in [7, 11) is 0. The standard InChI is InChI=1S/C33H34N4/c1-7-32-26-16-12-11-15-24(26)31(36-29-28(32)33(29,32)8-2)37(30(35)23-14-10-9-13-19(23)3)27-21(5)17-20(4)25(18-34)22(27)6/h9-17,28-29,35H,7-8H2,1-6H3/t28-,29+,32?,33-/m0/s1. The minimum Gasteiger partial charge on any atom is -0.283 e. The Balaban J connectivity index is 1.65. The molecule has 1 aliphatic heterocycles. The van der Waals surface area contributed by atoms with Gasteiger partial charge in [-0.2, -0.15) is 5.26 Å². The zero-order chi connectivity index (χ0) is 26.3. The molecule has 37 heavy (non-hydrogen) atoms. The maximum atomic E-state index is 10.0. The Labute approximate surface area is 220 Å². The van der Waals surface area contributed by atoms with Crippen molar-refractivity contribution < 1.29 is 0 Å². The second-order valence-electron chi connectivity index (χ2n) is 11.1. The number of aryl methyl sites for hydroxylation is 3. The summed E-state index contributed by atoms with van der Waals surface area (Å²) in [5, 5.41) is 19.7. The molecule has 3 aromatic rings. The zero-order valence-electron chi connectivity index (χ0n) is 22.6. The van der Waals surface area contributed by atoms with Gasteiger partial charge in [0.15, 0.2) is 0 Å². The Bertz CT molecular complexity index is 1560. The van der Waals surface area contributed by atoms with Crippen LogP contribution in [0.2, 0.25) is 0 Å². The number of fused-ring (bicyclic) bond motifs is 4. The SMILES string of the molecule is CCC12c3ccccc3C(N(C(=N)c3ccccc3C)c3c(C)cc(C)c(C#N)c3C)=N[C@@H]3[C@@H]1[C@@]32CC. The summed E-state index contributed by atoms with van der Waals surface area (Å²) < 4.78 is 0. The summed E-state index contributed by atoms with van der Waals surface area (Å²) in [5.74, 6) is 1.83. The predicted molar refractivity (Wildman–Crippen MR) is 151 cm³/mol. The molecule has 4 atom stereocenters. The van der Waals surface area contributed by atoms with Gasteiger partial charge in [-0.25, -0.2) is 0 Å². The molecule has 4 nitrogen and oxygen atoms in total. The van der Waals surface area contributed by atoms with Gasteiger partial charge in [0, 0.05) is 27.9 Å². The number of hydrogen-bond acceptors (Lipinski definition) is 3. The van der Waals surface area contributed by atoms with Crippen LogP contribution in [0.5, 0.6) is 0 Å². The Hall–Kier alpha value is -3.71. The number of nitrogens with one attached hydrogen (secondary N) is 1. The molecule has 0 aromatic heterocycles. The van der Waals surface area contributed by atoms with Crippen LogP contribution in [0.15, 0.2) is 59.6 Å². The van der Waals surface area contributed by atoms with Crippen molar-refractivity contribution in [1.82, 2.24) is 0 Å². The fourth-order valence-corrected chi connectivity index (χ4v) is 8.03. The van der Waals surface area contributed by atoms with E-state index < -0.39 is 0 Å². The molecule has 0 spiro atoms. The molecule has 4 heteroatoms. The first-order valence-corrected chi connectivity index (χ1v) is 13.4. The van der Waals surface area contributed by atoms with Crippen molar-refractivity contribution in [1.29, 1.82) is 10.7 Å². The average molecular weight is 487 g/mol. The third kappa shape index (κ3) is 2.78. The highest BCUT2D eigenvalue weighted by Crippen LogP contribution is 2.91. The number of rotatable bonds is 4. The topological polar surface area (TPSA) is 63.2 Å². The van der Waals surface area contributed by atoms with Crippen LogP contribution in [0.1, 0.15) is 71.2 Å². The molecule has 0 bridgehead atoms. The molecule has 6 rings (SSSR count). The third-order valence-corrected chi connectivity index (χ3v) is 9.72. The lowest BCUT2D eigenvalue weighted by Crippen LogP contribution is -2.40. The second-order valence-corrected chi connectivity index (χ2v) is 11.1. The quantitative estimate of drug-likeness (QED) is 0.315. The molecule has 2 saturated carbocycles. The van der Waals surface area contributed by atoms with Crippen molar-refractivity contribution in [2.45, 2.75) is 65.8 Å². The zero-order valence-corrected chi connectivity index (χ0v) is 22.6. The maximum absolute atomic E-state index is 10.0. The Kier molecular flexibility index (Phi) is 5.05. The van der Waals surface area contributed by atoms with Gasteiger partial charge in [0.1, 0.15) is 11.7 Å². The molecule has 3 aromatic carbocycles. The van der Waals surface area contributed by atoms with Gasteiger partial charge in [0.05, 0.1) is 23.4 Å². The summed E-state index contributed by atoms with van der Waals surface area (Å²) in [5.41, 5.74) is 9.34. The highest BCUT2D eigenvalue weighted by molar-refractivity contribution is 6.30. The van der Waals surface area contributed by atoms with E-state index in [0.717, 1.165) is 57.7 Å². The highest BCUT2D eigenvalue weighted by Gasteiger charge is 2.94. The molecule has 0 amide bonds. The molecule has 0 radical (unpaired) electrons. The Morgan fingerprint density at radius 3 is 2.32 bits per heavy atom. The van der Waals surface area contributed by atoms with Gasteiger partial charge in [0.2, 0.25) is 0 Å². The van der Waals surface area contributed by atoms with Gasteiger partial charge in [-0.1, -0.05) is 68.4 Å². The lowest BCUT2D eigenvalue weighted by Gasteiger charge is -2.32. The molecule has 186 valence electrons. The van der Waals surface area contributed by atoms with Gasteiger partial charge in [-0.3, -0.25) is 15.3 Å². The molecule has 1 heterocycles. The van der Waals surface area contributed by atoms with Crippen molar-refractivity contribution in [2.75, 3.05) is 4.90 Å². The normalized spacial score (nSPS) is 26.2. The van der Waals surface area contributed by atoms with Crippen LogP contribution in [-0.2, 0) is 5.41 Å². The van der Waals surface area contributed by atoms with Gasteiger partial charge in [-0.05, 0) is 68.4 Å². The molecular weight excluding hydrogens is 452 g/mol. The van der Waals surface area contributed by atoms with Crippen LogP contribution < -0.4 is 4.90 Å². The number of anilines is 1. The smallest absolute Gasteiger partial charge is 0.141 e. The van der Waals surface area contributed by atoms with E-state index in [1.54, 1.807) is 0 Å². The first-order valence-electron chi connectivity index (χ1n) is 13.4. The molecule has 1 N–H and O–H groups in total. The van der Waals surface area contributed by atoms with Crippen molar-refractivity contribution in [3.05, 3.63) is 99.1 Å². The van der Waals surface area contributed by atoms with E-state index in [4.69, 9.17) is 4.99 Å². The van der Waals surface area contributed by atoms with E-state index in [1.165, 1.54) is 5.56 Å². The fraction of sp³-hybridized carbons (Fsp3) is 0.364. The van der Waals surface area contributed by atoms with Crippen LogP contribution in [-0.4, -0.2) is 17.7 Å². The van der Waals surface area contributed by atoms with Crippen LogP contribution in [0.4, 0.5) is 5.69 Å². The van der Waals surface area contributed by atoms with Crippen molar-refractivity contribution in [2.24, 2.45) is 16.3 Å². The summed E-state index contributed by atoms with van der Waals surface area (Å²) in [6.07, 6.45) is 2.23. The average Bonchev–Trinajstić information content (AvgIpc) is 3.76. The monoisotopic (exact) mass is 486 g/mol. The lowest BCUT2D eigenvalue weighted by molar-refractivity contribution is 0.359. The van der Waals surface area contributed by atoms with Gasteiger partial charge in [-0.15, -0.1) is 0 Å². The van der Waals surface area contributed by atoms with E-state index in [2.05, 4.69) is 75.1 Å². The van der Waals surface area contributed by atoms with Crippen molar-refractivity contribution in [3.63, 3.8) is 0 Å². The largest absolute Gasteiger partial charge is 0.283 e. The lowest BCUT2D eigenvalue weighted by atomic mass is 9.75. The van der Waals surface area contributed by atoms with Gasteiger partial charge >= 0.3 is 0 Å². The number of benzene rings is 3.